The minimum Gasteiger partial charge on any atom is -0.353 e. The first kappa shape index (κ1) is 19.6. The van der Waals surface area contributed by atoms with E-state index in [0.29, 0.717) is 12.5 Å². The van der Waals surface area contributed by atoms with Crippen molar-refractivity contribution in [3.05, 3.63) is 71.3 Å². The lowest BCUT2D eigenvalue weighted by Crippen LogP contribution is -2.45. The lowest BCUT2D eigenvalue weighted by molar-refractivity contribution is -0.122. The van der Waals surface area contributed by atoms with Crippen LogP contribution in [0.3, 0.4) is 0 Å². The van der Waals surface area contributed by atoms with Crippen LogP contribution in [0.15, 0.2) is 54.6 Å². The minimum absolute atomic E-state index is 0.104. The van der Waals surface area contributed by atoms with Crippen LogP contribution in [0.2, 0.25) is 0 Å². The molecule has 2 aromatic carbocycles. The van der Waals surface area contributed by atoms with Gasteiger partial charge in [0.2, 0.25) is 5.91 Å². The summed E-state index contributed by atoms with van der Waals surface area (Å²) in [7, 11) is 0. The normalized spacial score (nSPS) is 16.8. The van der Waals surface area contributed by atoms with Gasteiger partial charge in [0.15, 0.2) is 0 Å². The van der Waals surface area contributed by atoms with Crippen LogP contribution in [0.4, 0.5) is 0 Å². The Hall–Kier alpha value is -2.13. The highest BCUT2D eigenvalue weighted by molar-refractivity contribution is 5.78. The highest BCUT2D eigenvalue weighted by Gasteiger charge is 2.23. The van der Waals surface area contributed by atoms with Crippen LogP contribution >= 0.6 is 0 Å². The largest absolute Gasteiger partial charge is 0.353 e. The Balaban J connectivity index is 1.66. The molecule has 1 aliphatic heterocycles. The van der Waals surface area contributed by atoms with Gasteiger partial charge in [0.1, 0.15) is 0 Å². The third-order valence-corrected chi connectivity index (χ3v) is 5.65. The SMILES string of the molecule is CCCN1CCC(NC(=O)C[C@@H](c2ccccc2)c2ccccc2C)CC1. The fraction of sp³-hybridized carbons (Fsp3) is 0.458. The number of nitrogens with one attached hydrogen (secondary N) is 1. The molecule has 2 aromatic rings. The van der Waals surface area contributed by atoms with Crippen molar-refractivity contribution in [3.8, 4) is 0 Å². The molecule has 0 aliphatic carbocycles. The van der Waals surface area contributed by atoms with E-state index in [0.717, 1.165) is 25.9 Å². The van der Waals surface area contributed by atoms with Gasteiger partial charge in [-0.2, -0.15) is 0 Å². The molecule has 0 aromatic heterocycles. The third-order valence-electron chi connectivity index (χ3n) is 5.65. The Kier molecular flexibility index (Phi) is 7.05. The van der Waals surface area contributed by atoms with Crippen LogP contribution in [0.5, 0.6) is 0 Å². The molecule has 1 heterocycles. The first-order chi connectivity index (χ1) is 13.2. The van der Waals surface area contributed by atoms with Crippen molar-refractivity contribution in [3.63, 3.8) is 0 Å². The number of likely N-dealkylation sites (tertiary alicyclic amines) is 1. The maximum absolute atomic E-state index is 12.9. The zero-order valence-electron chi connectivity index (χ0n) is 16.7. The number of rotatable bonds is 7. The number of hydrogen-bond donors (Lipinski definition) is 1. The quantitative estimate of drug-likeness (QED) is 0.784. The van der Waals surface area contributed by atoms with Crippen LogP contribution < -0.4 is 5.32 Å². The van der Waals surface area contributed by atoms with Crippen LogP contribution in [-0.4, -0.2) is 36.5 Å². The lowest BCUT2D eigenvalue weighted by atomic mass is 9.85. The number of carbonyl (C=O) groups is 1. The zero-order valence-corrected chi connectivity index (χ0v) is 16.7. The Labute approximate surface area is 163 Å². The van der Waals surface area contributed by atoms with E-state index >= 15 is 0 Å². The lowest BCUT2D eigenvalue weighted by Gasteiger charge is -2.32. The van der Waals surface area contributed by atoms with Crippen LogP contribution in [-0.2, 0) is 4.79 Å². The van der Waals surface area contributed by atoms with E-state index in [1.54, 1.807) is 0 Å². The Morgan fingerprint density at radius 1 is 1.07 bits per heavy atom. The van der Waals surface area contributed by atoms with Gasteiger partial charge in [0.05, 0.1) is 0 Å². The van der Waals surface area contributed by atoms with Gasteiger partial charge in [-0.05, 0) is 49.4 Å². The van der Waals surface area contributed by atoms with Gasteiger partial charge < -0.3 is 10.2 Å². The zero-order chi connectivity index (χ0) is 19.1. The van der Waals surface area contributed by atoms with Gasteiger partial charge in [-0.15, -0.1) is 0 Å². The molecule has 1 amide bonds. The summed E-state index contributed by atoms with van der Waals surface area (Å²) in [6.45, 7) is 7.72. The highest BCUT2D eigenvalue weighted by Crippen LogP contribution is 2.30. The second-order valence-corrected chi connectivity index (χ2v) is 7.71. The first-order valence-corrected chi connectivity index (χ1v) is 10.3. The Morgan fingerprint density at radius 2 is 1.74 bits per heavy atom. The average Bonchev–Trinajstić information content (AvgIpc) is 2.69. The predicted octanol–water partition coefficient (Wildman–Crippen LogP) is 4.51. The maximum Gasteiger partial charge on any atom is 0.221 e. The molecule has 0 spiro atoms. The third kappa shape index (κ3) is 5.43. The minimum atomic E-state index is 0.104. The summed E-state index contributed by atoms with van der Waals surface area (Å²) in [5.41, 5.74) is 3.70. The summed E-state index contributed by atoms with van der Waals surface area (Å²) in [6, 6.07) is 19.1. The molecule has 3 nitrogen and oxygen atoms in total. The first-order valence-electron chi connectivity index (χ1n) is 10.3. The van der Waals surface area contributed by atoms with E-state index in [4.69, 9.17) is 0 Å². The molecule has 3 rings (SSSR count). The number of aryl methyl sites for hydroxylation is 1. The van der Waals surface area contributed by atoms with Gasteiger partial charge in [-0.3, -0.25) is 4.79 Å². The molecule has 0 radical (unpaired) electrons. The van der Waals surface area contributed by atoms with Gasteiger partial charge in [-0.1, -0.05) is 61.5 Å². The summed E-state index contributed by atoms with van der Waals surface area (Å²) in [5, 5.41) is 3.31. The van der Waals surface area contributed by atoms with Crippen molar-refractivity contribution in [1.29, 1.82) is 0 Å². The van der Waals surface area contributed by atoms with Gasteiger partial charge in [0.25, 0.3) is 0 Å². The summed E-state index contributed by atoms with van der Waals surface area (Å²) in [4.78, 5) is 15.4. The fourth-order valence-corrected chi connectivity index (χ4v) is 4.16. The predicted molar refractivity (Wildman–Crippen MR) is 112 cm³/mol. The fourth-order valence-electron chi connectivity index (χ4n) is 4.16. The molecule has 1 N–H and O–H groups in total. The summed E-state index contributed by atoms with van der Waals surface area (Å²) >= 11 is 0. The molecular formula is C24H32N2O. The monoisotopic (exact) mass is 364 g/mol. The van der Waals surface area contributed by atoms with Gasteiger partial charge >= 0.3 is 0 Å². The number of piperidine rings is 1. The molecule has 1 aliphatic rings. The van der Waals surface area contributed by atoms with Crippen molar-refractivity contribution < 1.29 is 4.79 Å². The van der Waals surface area contributed by atoms with Crippen LogP contribution in [0.1, 0.15) is 55.2 Å². The standard InChI is InChI=1S/C24H32N2O/c1-3-15-26-16-13-21(14-17-26)25-24(27)18-23(20-10-5-4-6-11-20)22-12-8-7-9-19(22)2/h4-12,21,23H,3,13-18H2,1-2H3,(H,25,27)/t23-/m0/s1. The van der Waals surface area contributed by atoms with Gasteiger partial charge in [-0.25, -0.2) is 0 Å². The number of amides is 1. The molecular weight excluding hydrogens is 332 g/mol. The van der Waals surface area contributed by atoms with Crippen molar-refractivity contribution in [1.82, 2.24) is 10.2 Å². The molecule has 144 valence electrons. The average molecular weight is 365 g/mol. The van der Waals surface area contributed by atoms with E-state index in [-0.39, 0.29) is 11.8 Å². The molecule has 1 saturated heterocycles. The van der Waals surface area contributed by atoms with E-state index in [1.807, 2.05) is 6.07 Å². The summed E-state index contributed by atoms with van der Waals surface area (Å²) in [5.74, 6) is 0.272. The Bertz CT molecular complexity index is 720. The molecule has 0 saturated carbocycles. The van der Waals surface area contributed by atoms with Crippen molar-refractivity contribution in [2.75, 3.05) is 19.6 Å². The van der Waals surface area contributed by atoms with Gasteiger partial charge in [0, 0.05) is 31.5 Å². The van der Waals surface area contributed by atoms with Crippen molar-refractivity contribution in [2.45, 2.75) is 51.5 Å². The van der Waals surface area contributed by atoms with Crippen molar-refractivity contribution >= 4 is 5.91 Å². The molecule has 1 fully saturated rings. The van der Waals surface area contributed by atoms with Crippen LogP contribution in [0.25, 0.3) is 0 Å². The Morgan fingerprint density at radius 3 is 2.41 bits per heavy atom. The number of benzene rings is 2. The number of carbonyl (C=O) groups excluding carboxylic acids is 1. The highest BCUT2D eigenvalue weighted by atomic mass is 16.1. The second kappa shape index (κ2) is 9.70. The smallest absolute Gasteiger partial charge is 0.221 e. The molecule has 27 heavy (non-hydrogen) atoms. The molecule has 0 bridgehead atoms. The topological polar surface area (TPSA) is 32.3 Å². The maximum atomic E-state index is 12.9. The summed E-state index contributed by atoms with van der Waals surface area (Å²) < 4.78 is 0. The number of nitrogens with zero attached hydrogens (tertiary/aromatic N) is 1. The van der Waals surface area contributed by atoms with E-state index in [2.05, 4.69) is 72.6 Å². The van der Waals surface area contributed by atoms with Crippen molar-refractivity contribution in [2.24, 2.45) is 0 Å². The van der Waals surface area contributed by atoms with E-state index < -0.39 is 0 Å². The molecule has 3 heteroatoms. The molecule has 0 unspecified atom stereocenters. The summed E-state index contributed by atoms with van der Waals surface area (Å²) in [6.07, 6.45) is 3.83. The number of hydrogen-bond acceptors (Lipinski definition) is 2. The van der Waals surface area contributed by atoms with Crippen LogP contribution in [0, 0.1) is 6.92 Å². The molecule has 1 atom stereocenters. The van der Waals surface area contributed by atoms with E-state index in [1.165, 1.54) is 29.7 Å². The second-order valence-electron chi connectivity index (χ2n) is 7.71. The van der Waals surface area contributed by atoms with E-state index in [9.17, 15) is 4.79 Å².